The average Bonchev–Trinajstić information content (AvgIpc) is 2.70. The van der Waals surface area contributed by atoms with Crippen LogP contribution in [0, 0.1) is 12.8 Å². The molecule has 0 saturated heterocycles. The third kappa shape index (κ3) is 3.72. The van der Waals surface area contributed by atoms with Gasteiger partial charge in [-0.05, 0) is 55.9 Å². The van der Waals surface area contributed by atoms with Crippen molar-refractivity contribution >= 4 is 33.4 Å². The van der Waals surface area contributed by atoms with E-state index in [4.69, 9.17) is 11.6 Å². The van der Waals surface area contributed by atoms with Gasteiger partial charge in [-0.15, -0.1) is 0 Å². The smallest absolute Gasteiger partial charge is 0.251 e. The Morgan fingerprint density at radius 2 is 2.22 bits per heavy atom. The zero-order valence-corrected chi connectivity index (χ0v) is 12.7. The van der Waals surface area contributed by atoms with Crippen molar-refractivity contribution in [3.63, 3.8) is 0 Å². The fourth-order valence-corrected chi connectivity index (χ4v) is 3.49. The lowest BCUT2D eigenvalue weighted by molar-refractivity contribution is 0.0947. The van der Waals surface area contributed by atoms with Crippen molar-refractivity contribution in [2.75, 3.05) is 6.54 Å². The van der Waals surface area contributed by atoms with E-state index in [1.165, 1.54) is 12.8 Å². The summed E-state index contributed by atoms with van der Waals surface area (Å²) in [6.45, 7) is 2.70. The molecule has 1 fully saturated rings. The van der Waals surface area contributed by atoms with Gasteiger partial charge in [0.15, 0.2) is 0 Å². The van der Waals surface area contributed by atoms with Crippen LogP contribution in [0.2, 0.25) is 5.02 Å². The molecular formula is C14H17BrClNO. The topological polar surface area (TPSA) is 29.1 Å². The number of nitrogens with one attached hydrogen (secondary N) is 1. The van der Waals surface area contributed by atoms with E-state index in [0.717, 1.165) is 18.5 Å². The van der Waals surface area contributed by atoms with Gasteiger partial charge < -0.3 is 5.32 Å². The SMILES string of the molecule is Cc1cc(Cl)cc(C(=O)NCC2CCC(Br)C2)c1. The number of hydrogen-bond donors (Lipinski definition) is 1. The third-order valence-electron chi connectivity index (χ3n) is 3.33. The van der Waals surface area contributed by atoms with Crippen molar-refractivity contribution in [3.05, 3.63) is 34.3 Å². The second-order valence-corrected chi connectivity index (χ2v) is 6.74. The predicted molar refractivity (Wildman–Crippen MR) is 78.6 cm³/mol. The highest BCUT2D eigenvalue weighted by molar-refractivity contribution is 9.09. The summed E-state index contributed by atoms with van der Waals surface area (Å²) in [7, 11) is 0. The quantitative estimate of drug-likeness (QED) is 0.836. The van der Waals surface area contributed by atoms with Crippen molar-refractivity contribution in [3.8, 4) is 0 Å². The molecule has 0 spiro atoms. The Balaban J connectivity index is 1.91. The number of aryl methyl sites for hydroxylation is 1. The van der Waals surface area contributed by atoms with Crippen LogP contribution in [0.25, 0.3) is 0 Å². The molecule has 1 aromatic carbocycles. The van der Waals surface area contributed by atoms with E-state index in [9.17, 15) is 4.79 Å². The Hall–Kier alpha value is -0.540. The Morgan fingerprint density at radius 1 is 1.44 bits per heavy atom. The average molecular weight is 331 g/mol. The van der Waals surface area contributed by atoms with Crippen LogP contribution in [0.4, 0.5) is 0 Å². The van der Waals surface area contributed by atoms with E-state index in [1.807, 2.05) is 19.1 Å². The first-order chi connectivity index (χ1) is 8.54. The molecule has 2 unspecified atom stereocenters. The van der Waals surface area contributed by atoms with Gasteiger partial charge in [0.1, 0.15) is 0 Å². The van der Waals surface area contributed by atoms with Crippen molar-refractivity contribution in [2.24, 2.45) is 5.92 Å². The van der Waals surface area contributed by atoms with Crippen molar-refractivity contribution < 1.29 is 4.79 Å². The van der Waals surface area contributed by atoms with Gasteiger partial charge in [0.2, 0.25) is 0 Å². The largest absolute Gasteiger partial charge is 0.352 e. The van der Waals surface area contributed by atoms with Gasteiger partial charge in [0, 0.05) is 22.0 Å². The Labute approximate surface area is 121 Å². The van der Waals surface area contributed by atoms with Crippen molar-refractivity contribution in [2.45, 2.75) is 31.0 Å². The van der Waals surface area contributed by atoms with Crippen LogP contribution in [0.5, 0.6) is 0 Å². The van der Waals surface area contributed by atoms with Gasteiger partial charge in [-0.3, -0.25) is 4.79 Å². The van der Waals surface area contributed by atoms with Gasteiger partial charge in [-0.2, -0.15) is 0 Å². The maximum atomic E-state index is 12.0. The molecule has 0 aliphatic heterocycles. The first kappa shape index (κ1) is 13.9. The van der Waals surface area contributed by atoms with Crippen LogP contribution >= 0.6 is 27.5 Å². The number of benzene rings is 1. The molecule has 1 aromatic rings. The van der Waals surface area contributed by atoms with Crippen LogP contribution in [-0.4, -0.2) is 17.3 Å². The van der Waals surface area contributed by atoms with Gasteiger partial charge in [0.25, 0.3) is 5.91 Å². The molecule has 0 heterocycles. The summed E-state index contributed by atoms with van der Waals surface area (Å²) >= 11 is 9.57. The first-order valence-electron chi connectivity index (χ1n) is 6.24. The minimum atomic E-state index is -0.0291. The highest BCUT2D eigenvalue weighted by atomic mass is 79.9. The molecule has 0 aromatic heterocycles. The number of alkyl halides is 1. The highest BCUT2D eigenvalue weighted by Crippen LogP contribution is 2.30. The van der Waals surface area contributed by atoms with Gasteiger partial charge in [-0.25, -0.2) is 0 Å². The molecule has 1 aliphatic carbocycles. The second-order valence-electron chi connectivity index (χ2n) is 5.00. The molecular weight excluding hydrogens is 314 g/mol. The fraction of sp³-hybridized carbons (Fsp3) is 0.500. The Morgan fingerprint density at radius 3 is 2.83 bits per heavy atom. The van der Waals surface area contributed by atoms with Gasteiger partial charge in [-0.1, -0.05) is 27.5 Å². The second kappa shape index (κ2) is 6.07. The molecule has 2 atom stereocenters. The van der Waals surface area contributed by atoms with Crippen molar-refractivity contribution in [1.82, 2.24) is 5.32 Å². The van der Waals surface area contributed by atoms with Crippen LogP contribution in [0.15, 0.2) is 18.2 Å². The van der Waals surface area contributed by atoms with E-state index in [1.54, 1.807) is 6.07 Å². The maximum Gasteiger partial charge on any atom is 0.251 e. The predicted octanol–water partition coefficient (Wildman–Crippen LogP) is 3.94. The molecule has 1 saturated carbocycles. The lowest BCUT2D eigenvalue weighted by Gasteiger charge is -2.11. The number of amides is 1. The molecule has 1 amide bonds. The van der Waals surface area contributed by atoms with E-state index in [-0.39, 0.29) is 5.91 Å². The normalized spacial score (nSPS) is 23.1. The molecule has 2 rings (SSSR count). The molecule has 4 heteroatoms. The van der Waals surface area contributed by atoms with Crippen molar-refractivity contribution in [1.29, 1.82) is 0 Å². The maximum absolute atomic E-state index is 12.0. The number of carbonyl (C=O) groups excluding carboxylic acids is 1. The van der Waals surface area contributed by atoms with Crippen LogP contribution in [0.3, 0.4) is 0 Å². The zero-order valence-electron chi connectivity index (χ0n) is 10.4. The summed E-state index contributed by atoms with van der Waals surface area (Å²) in [6.07, 6.45) is 3.54. The van der Waals surface area contributed by atoms with E-state index >= 15 is 0 Å². The van der Waals surface area contributed by atoms with Crippen LogP contribution < -0.4 is 5.32 Å². The third-order valence-corrected chi connectivity index (χ3v) is 4.38. The van der Waals surface area contributed by atoms with E-state index < -0.39 is 0 Å². The number of halogens is 2. The Kier molecular flexibility index (Phi) is 4.68. The molecule has 0 bridgehead atoms. The van der Waals surface area contributed by atoms with Gasteiger partial charge >= 0.3 is 0 Å². The summed E-state index contributed by atoms with van der Waals surface area (Å²) < 4.78 is 0. The highest BCUT2D eigenvalue weighted by Gasteiger charge is 2.22. The summed E-state index contributed by atoms with van der Waals surface area (Å²) in [5, 5.41) is 3.61. The zero-order chi connectivity index (χ0) is 13.1. The molecule has 18 heavy (non-hydrogen) atoms. The minimum Gasteiger partial charge on any atom is -0.352 e. The lowest BCUT2D eigenvalue weighted by atomic mass is 10.1. The molecule has 1 aliphatic rings. The molecule has 98 valence electrons. The fourth-order valence-electron chi connectivity index (χ4n) is 2.41. The standard InChI is InChI=1S/C14H17BrClNO/c1-9-4-11(7-13(16)5-9)14(18)17-8-10-2-3-12(15)6-10/h4-5,7,10,12H,2-3,6,8H2,1H3,(H,17,18). The Bertz CT molecular complexity index is 429. The summed E-state index contributed by atoms with van der Waals surface area (Å²) in [6, 6.07) is 5.43. The van der Waals surface area contributed by atoms with E-state index in [2.05, 4.69) is 21.2 Å². The first-order valence-corrected chi connectivity index (χ1v) is 7.53. The van der Waals surface area contributed by atoms with Gasteiger partial charge in [0.05, 0.1) is 0 Å². The number of hydrogen-bond acceptors (Lipinski definition) is 1. The number of carbonyl (C=O) groups is 1. The van der Waals surface area contributed by atoms with Crippen LogP contribution in [0.1, 0.15) is 35.2 Å². The molecule has 0 radical (unpaired) electrons. The van der Waals surface area contributed by atoms with Crippen LogP contribution in [-0.2, 0) is 0 Å². The molecule has 2 nitrogen and oxygen atoms in total. The number of rotatable bonds is 3. The monoisotopic (exact) mass is 329 g/mol. The van der Waals surface area contributed by atoms with E-state index in [0.29, 0.717) is 21.3 Å². The molecule has 1 N–H and O–H groups in total. The minimum absolute atomic E-state index is 0.0291. The summed E-state index contributed by atoms with van der Waals surface area (Å²) in [5.41, 5.74) is 1.66. The summed E-state index contributed by atoms with van der Waals surface area (Å²) in [5.74, 6) is 0.567. The summed E-state index contributed by atoms with van der Waals surface area (Å²) in [4.78, 5) is 12.6. The lowest BCUT2D eigenvalue weighted by Crippen LogP contribution is -2.28.